The quantitative estimate of drug-likeness (QED) is 0.643. The van der Waals surface area contributed by atoms with Gasteiger partial charge < -0.3 is 9.84 Å². The van der Waals surface area contributed by atoms with Gasteiger partial charge in [0.15, 0.2) is 0 Å². The minimum absolute atomic E-state index is 0.0693. The van der Waals surface area contributed by atoms with Crippen LogP contribution in [-0.4, -0.2) is 27.6 Å². The second-order valence-electron chi connectivity index (χ2n) is 3.65. The Morgan fingerprint density at radius 2 is 2.39 bits per heavy atom. The SMILES string of the molecule is COC(=O)Cc1nc2cc(CO)ccn2c1N=O. The smallest absolute Gasteiger partial charge is 0.311 e. The average Bonchev–Trinajstić information content (AvgIpc) is 2.74. The maximum Gasteiger partial charge on any atom is 0.311 e. The summed E-state index contributed by atoms with van der Waals surface area (Å²) in [4.78, 5) is 26.1. The molecule has 7 heteroatoms. The Balaban J connectivity index is 2.53. The van der Waals surface area contributed by atoms with Crippen molar-refractivity contribution in [2.24, 2.45) is 5.18 Å². The van der Waals surface area contributed by atoms with Crippen molar-refractivity contribution in [3.63, 3.8) is 0 Å². The van der Waals surface area contributed by atoms with Gasteiger partial charge in [0, 0.05) is 6.20 Å². The zero-order valence-electron chi connectivity index (χ0n) is 9.66. The predicted molar refractivity (Wildman–Crippen MR) is 62.3 cm³/mol. The van der Waals surface area contributed by atoms with E-state index < -0.39 is 5.97 Å². The van der Waals surface area contributed by atoms with E-state index in [9.17, 15) is 9.70 Å². The molecule has 94 valence electrons. The lowest BCUT2D eigenvalue weighted by Crippen LogP contribution is -2.04. The number of nitrogens with zero attached hydrogens (tertiary/aromatic N) is 3. The van der Waals surface area contributed by atoms with Crippen LogP contribution in [0.15, 0.2) is 23.5 Å². The van der Waals surface area contributed by atoms with E-state index in [1.54, 1.807) is 18.3 Å². The molecule has 18 heavy (non-hydrogen) atoms. The number of aliphatic hydroxyl groups is 1. The Morgan fingerprint density at radius 1 is 1.61 bits per heavy atom. The molecule has 0 atom stereocenters. The van der Waals surface area contributed by atoms with E-state index in [0.717, 1.165) is 0 Å². The van der Waals surface area contributed by atoms with E-state index in [2.05, 4.69) is 14.9 Å². The predicted octanol–water partition coefficient (Wildman–Crippen LogP) is 0.940. The molecule has 2 rings (SSSR count). The first-order valence-corrected chi connectivity index (χ1v) is 5.20. The Morgan fingerprint density at radius 3 is 3.00 bits per heavy atom. The highest BCUT2D eigenvalue weighted by molar-refractivity contribution is 5.74. The van der Waals surface area contributed by atoms with Crippen molar-refractivity contribution >= 4 is 17.4 Å². The van der Waals surface area contributed by atoms with Crippen LogP contribution in [-0.2, 0) is 22.6 Å². The van der Waals surface area contributed by atoms with Gasteiger partial charge in [-0.2, -0.15) is 0 Å². The van der Waals surface area contributed by atoms with Crippen molar-refractivity contribution in [1.29, 1.82) is 0 Å². The summed E-state index contributed by atoms with van der Waals surface area (Å²) in [5.41, 5.74) is 1.37. The van der Waals surface area contributed by atoms with Crippen LogP contribution in [0.25, 0.3) is 5.65 Å². The van der Waals surface area contributed by atoms with E-state index in [4.69, 9.17) is 5.11 Å². The van der Waals surface area contributed by atoms with Crippen molar-refractivity contribution in [2.45, 2.75) is 13.0 Å². The van der Waals surface area contributed by atoms with Gasteiger partial charge in [-0.1, -0.05) is 0 Å². The molecule has 0 aromatic carbocycles. The third kappa shape index (κ3) is 2.07. The maximum atomic E-state index is 11.2. The van der Waals surface area contributed by atoms with Crippen LogP contribution in [0.4, 0.5) is 5.82 Å². The topological polar surface area (TPSA) is 93.3 Å². The summed E-state index contributed by atoms with van der Waals surface area (Å²) >= 11 is 0. The van der Waals surface area contributed by atoms with Crippen molar-refractivity contribution in [1.82, 2.24) is 9.38 Å². The number of pyridine rings is 1. The van der Waals surface area contributed by atoms with Gasteiger partial charge in [-0.15, -0.1) is 4.91 Å². The fourth-order valence-corrected chi connectivity index (χ4v) is 1.65. The van der Waals surface area contributed by atoms with Gasteiger partial charge in [0.05, 0.1) is 20.1 Å². The number of aromatic nitrogens is 2. The van der Waals surface area contributed by atoms with Gasteiger partial charge in [-0.05, 0) is 22.9 Å². The summed E-state index contributed by atoms with van der Waals surface area (Å²) < 4.78 is 5.99. The third-order valence-electron chi connectivity index (χ3n) is 2.54. The Hall–Kier alpha value is -2.28. The number of hydrogen-bond acceptors (Lipinski definition) is 6. The molecule has 0 unspecified atom stereocenters. The zero-order valence-corrected chi connectivity index (χ0v) is 9.66. The number of hydrogen-bond donors (Lipinski definition) is 1. The van der Waals surface area contributed by atoms with Crippen LogP contribution in [0.1, 0.15) is 11.3 Å². The highest BCUT2D eigenvalue weighted by Gasteiger charge is 2.16. The normalized spacial score (nSPS) is 10.6. The number of fused-ring (bicyclic) bond motifs is 1. The molecule has 0 fully saturated rings. The maximum absolute atomic E-state index is 11.2. The Kier molecular flexibility index (Phi) is 3.33. The molecule has 0 spiro atoms. The summed E-state index contributed by atoms with van der Waals surface area (Å²) in [7, 11) is 1.26. The molecule has 0 amide bonds. The fraction of sp³-hybridized carbons (Fsp3) is 0.273. The van der Waals surface area contributed by atoms with Gasteiger partial charge in [-0.25, -0.2) is 4.98 Å². The summed E-state index contributed by atoms with van der Waals surface area (Å²) in [5.74, 6) is -0.425. The molecule has 0 aliphatic heterocycles. The molecular weight excluding hydrogens is 238 g/mol. The zero-order chi connectivity index (χ0) is 13.1. The summed E-state index contributed by atoms with van der Waals surface area (Å²) in [6.07, 6.45) is 1.46. The molecular formula is C11H11N3O4. The fourth-order valence-electron chi connectivity index (χ4n) is 1.65. The number of rotatable bonds is 4. The van der Waals surface area contributed by atoms with E-state index in [1.807, 2.05) is 0 Å². The molecule has 0 aliphatic carbocycles. The number of aliphatic hydroxyl groups excluding tert-OH is 1. The largest absolute Gasteiger partial charge is 0.469 e. The minimum Gasteiger partial charge on any atom is -0.469 e. The molecule has 0 saturated heterocycles. The van der Waals surface area contributed by atoms with Crippen LogP contribution >= 0.6 is 0 Å². The molecule has 2 aromatic rings. The lowest BCUT2D eigenvalue weighted by Gasteiger charge is -1.97. The van der Waals surface area contributed by atoms with Gasteiger partial charge in [0.25, 0.3) is 0 Å². The monoisotopic (exact) mass is 249 g/mol. The Bertz CT molecular complexity index is 606. The lowest BCUT2D eigenvalue weighted by atomic mass is 10.3. The van der Waals surface area contributed by atoms with Crippen LogP contribution in [0.2, 0.25) is 0 Å². The van der Waals surface area contributed by atoms with Crippen LogP contribution in [0.5, 0.6) is 0 Å². The lowest BCUT2D eigenvalue weighted by molar-refractivity contribution is -0.139. The van der Waals surface area contributed by atoms with Gasteiger partial charge in [0.1, 0.15) is 11.3 Å². The number of ether oxygens (including phenoxy) is 1. The molecule has 2 aromatic heterocycles. The van der Waals surface area contributed by atoms with Crippen molar-refractivity contribution in [2.75, 3.05) is 7.11 Å². The molecule has 2 heterocycles. The second kappa shape index (κ2) is 4.92. The first kappa shape index (κ1) is 12.2. The van der Waals surface area contributed by atoms with E-state index in [-0.39, 0.29) is 24.5 Å². The minimum atomic E-state index is -0.495. The van der Waals surface area contributed by atoms with Gasteiger partial charge >= 0.3 is 5.97 Å². The molecule has 0 aliphatic rings. The molecule has 7 nitrogen and oxygen atoms in total. The number of nitroso groups, excluding NO2 is 1. The third-order valence-corrected chi connectivity index (χ3v) is 2.54. The summed E-state index contributed by atoms with van der Waals surface area (Å²) in [6, 6.07) is 3.26. The van der Waals surface area contributed by atoms with E-state index in [0.29, 0.717) is 11.2 Å². The van der Waals surface area contributed by atoms with E-state index >= 15 is 0 Å². The average molecular weight is 249 g/mol. The van der Waals surface area contributed by atoms with Crippen molar-refractivity contribution in [3.8, 4) is 0 Å². The van der Waals surface area contributed by atoms with E-state index in [1.165, 1.54) is 11.5 Å². The first-order chi connectivity index (χ1) is 8.69. The summed E-state index contributed by atoms with van der Waals surface area (Å²) in [6.45, 7) is -0.125. The van der Waals surface area contributed by atoms with Crippen LogP contribution in [0.3, 0.4) is 0 Å². The molecule has 0 radical (unpaired) electrons. The van der Waals surface area contributed by atoms with Crippen molar-refractivity contribution in [3.05, 3.63) is 34.5 Å². The number of esters is 1. The van der Waals surface area contributed by atoms with Gasteiger partial charge in [-0.3, -0.25) is 9.20 Å². The van der Waals surface area contributed by atoms with Crippen LogP contribution < -0.4 is 0 Å². The summed E-state index contributed by atoms with van der Waals surface area (Å²) in [5, 5.41) is 11.9. The first-order valence-electron chi connectivity index (χ1n) is 5.20. The molecule has 1 N–H and O–H groups in total. The molecule has 0 bridgehead atoms. The molecule has 0 saturated carbocycles. The second-order valence-corrected chi connectivity index (χ2v) is 3.65. The van der Waals surface area contributed by atoms with Crippen LogP contribution in [0, 0.1) is 4.91 Å². The van der Waals surface area contributed by atoms with Gasteiger partial charge in [0.2, 0.25) is 5.82 Å². The number of imidazole rings is 1. The number of methoxy groups -OCH3 is 1. The Labute approximate surface area is 102 Å². The number of carbonyl (C=O) groups excluding carboxylic acids is 1. The van der Waals surface area contributed by atoms with Crippen molar-refractivity contribution < 1.29 is 14.6 Å². The number of carbonyl (C=O) groups is 1. The highest BCUT2D eigenvalue weighted by Crippen LogP contribution is 2.22. The standard InChI is InChI=1S/C11H11N3O4/c1-18-10(16)5-8-11(13-17)14-3-2-7(6-15)4-9(14)12-8/h2-4,15H,5-6H2,1H3. The highest BCUT2D eigenvalue weighted by atomic mass is 16.5.